The maximum atomic E-state index is 4.65. The molecule has 4 rings (SSSR count). The predicted molar refractivity (Wildman–Crippen MR) is 110 cm³/mol. The van der Waals surface area contributed by atoms with Crippen LogP contribution < -0.4 is 0 Å². The fourth-order valence-electron chi connectivity index (χ4n) is 4.02. The predicted octanol–water partition coefficient (Wildman–Crippen LogP) is 7.10. The van der Waals surface area contributed by atoms with Crippen LogP contribution in [-0.2, 0) is 0 Å². The van der Waals surface area contributed by atoms with Crippen molar-refractivity contribution >= 4 is 0 Å². The van der Waals surface area contributed by atoms with E-state index in [0.717, 1.165) is 17.2 Å². The van der Waals surface area contributed by atoms with Gasteiger partial charge in [-0.3, -0.25) is 4.98 Å². The normalized spacial score (nSPS) is 17.2. The van der Waals surface area contributed by atoms with Crippen molar-refractivity contribution in [3.63, 3.8) is 0 Å². The van der Waals surface area contributed by atoms with E-state index in [1.54, 1.807) is 0 Å². The molecule has 0 N–H and O–H groups in total. The first-order chi connectivity index (χ1) is 12.6. The van der Waals surface area contributed by atoms with Gasteiger partial charge in [0.05, 0.1) is 5.69 Å². The van der Waals surface area contributed by atoms with Crippen LogP contribution in [0.1, 0.15) is 51.0 Å². The summed E-state index contributed by atoms with van der Waals surface area (Å²) in [6, 6.07) is 23.8. The number of nitrogens with zero attached hydrogens (tertiary/aromatic N) is 1. The minimum atomic E-state index is 0.530. The fraction of sp³-hybridized carbons (Fsp3) is 0.320. The molecule has 1 nitrogen and oxygen atoms in total. The van der Waals surface area contributed by atoms with E-state index in [0.29, 0.717) is 5.41 Å². The van der Waals surface area contributed by atoms with Crippen molar-refractivity contribution in [2.75, 3.05) is 0 Å². The van der Waals surface area contributed by atoms with E-state index in [-0.39, 0.29) is 0 Å². The van der Waals surface area contributed by atoms with Crippen LogP contribution in [0.2, 0.25) is 0 Å². The largest absolute Gasteiger partial charge is 0.256 e. The summed E-state index contributed by atoms with van der Waals surface area (Å²) in [6.07, 6.45) is 7.30. The number of aromatic nitrogens is 1. The molecule has 3 aromatic rings. The Morgan fingerprint density at radius 3 is 2.00 bits per heavy atom. The van der Waals surface area contributed by atoms with Crippen LogP contribution in [0.25, 0.3) is 22.4 Å². The Kier molecular flexibility index (Phi) is 4.63. The summed E-state index contributed by atoms with van der Waals surface area (Å²) in [4.78, 5) is 4.65. The Labute approximate surface area is 157 Å². The zero-order chi connectivity index (χ0) is 18.0. The molecule has 1 aromatic heterocycles. The van der Waals surface area contributed by atoms with Crippen LogP contribution in [0.3, 0.4) is 0 Å². The zero-order valence-corrected chi connectivity index (χ0v) is 15.8. The van der Waals surface area contributed by atoms with Gasteiger partial charge in [0.1, 0.15) is 0 Å². The Hall–Kier alpha value is -2.41. The summed E-state index contributed by atoms with van der Waals surface area (Å²) in [6.45, 7) is 4.80. The van der Waals surface area contributed by atoms with Crippen molar-refractivity contribution in [3.05, 3.63) is 78.5 Å². The third kappa shape index (κ3) is 3.72. The van der Waals surface area contributed by atoms with Crippen molar-refractivity contribution in [1.82, 2.24) is 4.98 Å². The van der Waals surface area contributed by atoms with Gasteiger partial charge in [0.25, 0.3) is 0 Å². The molecular weight excluding hydrogens is 314 g/mol. The molecule has 2 aromatic carbocycles. The molecule has 0 radical (unpaired) electrons. The average molecular weight is 341 g/mol. The Morgan fingerprint density at radius 2 is 1.38 bits per heavy atom. The van der Waals surface area contributed by atoms with Crippen LogP contribution >= 0.6 is 0 Å². The number of benzene rings is 2. The molecule has 26 heavy (non-hydrogen) atoms. The van der Waals surface area contributed by atoms with Crippen molar-refractivity contribution in [1.29, 1.82) is 0 Å². The summed E-state index contributed by atoms with van der Waals surface area (Å²) in [7, 11) is 0. The third-order valence-corrected chi connectivity index (χ3v) is 5.89. The third-order valence-electron chi connectivity index (χ3n) is 5.89. The summed E-state index contributed by atoms with van der Waals surface area (Å²) in [5.41, 5.74) is 6.64. The highest BCUT2D eigenvalue weighted by Gasteiger charge is 2.27. The molecule has 1 fully saturated rings. The highest BCUT2D eigenvalue weighted by Crippen LogP contribution is 2.42. The number of hydrogen-bond acceptors (Lipinski definition) is 1. The Balaban J connectivity index is 1.49. The van der Waals surface area contributed by atoms with Crippen LogP contribution in [0, 0.1) is 5.41 Å². The van der Waals surface area contributed by atoms with E-state index >= 15 is 0 Å². The van der Waals surface area contributed by atoms with Crippen LogP contribution in [-0.4, -0.2) is 4.98 Å². The SMILES string of the molecule is CC1(C)CCC(c2ccc(-c3ccc(-c4ccccc4)nc3)cc2)CC1. The molecule has 1 heteroatoms. The first-order valence-corrected chi connectivity index (χ1v) is 9.73. The average Bonchev–Trinajstić information content (AvgIpc) is 2.69. The molecule has 1 heterocycles. The Morgan fingerprint density at radius 1 is 0.731 bits per heavy atom. The van der Waals surface area contributed by atoms with E-state index in [2.05, 4.69) is 79.5 Å². The molecule has 1 aliphatic rings. The van der Waals surface area contributed by atoms with E-state index in [1.165, 1.54) is 42.4 Å². The van der Waals surface area contributed by atoms with Gasteiger partial charge >= 0.3 is 0 Å². The maximum absolute atomic E-state index is 4.65. The molecule has 0 atom stereocenters. The smallest absolute Gasteiger partial charge is 0.0702 e. The monoisotopic (exact) mass is 341 g/mol. The van der Waals surface area contributed by atoms with Gasteiger partial charge in [-0.1, -0.05) is 74.5 Å². The van der Waals surface area contributed by atoms with Gasteiger partial charge in [0.2, 0.25) is 0 Å². The number of hydrogen-bond donors (Lipinski definition) is 0. The highest BCUT2D eigenvalue weighted by molar-refractivity contribution is 5.67. The molecule has 0 spiro atoms. The molecule has 1 saturated carbocycles. The van der Waals surface area contributed by atoms with Crippen molar-refractivity contribution in [2.45, 2.75) is 45.4 Å². The summed E-state index contributed by atoms with van der Waals surface area (Å²) in [5.74, 6) is 0.732. The molecule has 1 aliphatic carbocycles. The van der Waals surface area contributed by atoms with E-state index in [4.69, 9.17) is 0 Å². The lowest BCUT2D eigenvalue weighted by Crippen LogP contribution is -2.20. The summed E-state index contributed by atoms with van der Waals surface area (Å²) < 4.78 is 0. The lowest BCUT2D eigenvalue weighted by Gasteiger charge is -2.34. The molecule has 0 aliphatic heterocycles. The fourth-order valence-corrected chi connectivity index (χ4v) is 4.02. The van der Waals surface area contributed by atoms with Crippen LogP contribution in [0.15, 0.2) is 72.9 Å². The highest BCUT2D eigenvalue weighted by atomic mass is 14.7. The van der Waals surface area contributed by atoms with Gasteiger partial charge in [-0.05, 0) is 54.2 Å². The summed E-state index contributed by atoms with van der Waals surface area (Å²) in [5, 5.41) is 0. The zero-order valence-electron chi connectivity index (χ0n) is 15.8. The molecule has 0 saturated heterocycles. The van der Waals surface area contributed by atoms with Gasteiger partial charge in [-0.2, -0.15) is 0 Å². The molecule has 132 valence electrons. The van der Waals surface area contributed by atoms with Crippen molar-refractivity contribution in [2.24, 2.45) is 5.41 Å². The minimum absolute atomic E-state index is 0.530. The first kappa shape index (κ1) is 17.0. The maximum Gasteiger partial charge on any atom is 0.0702 e. The van der Waals surface area contributed by atoms with Gasteiger partial charge in [0, 0.05) is 17.3 Å². The second kappa shape index (κ2) is 7.07. The molecule has 0 amide bonds. The lowest BCUT2D eigenvalue weighted by atomic mass is 9.71. The van der Waals surface area contributed by atoms with Gasteiger partial charge in [0.15, 0.2) is 0 Å². The van der Waals surface area contributed by atoms with Gasteiger partial charge in [-0.25, -0.2) is 0 Å². The van der Waals surface area contributed by atoms with Crippen LogP contribution in [0.5, 0.6) is 0 Å². The molecule has 0 unspecified atom stereocenters. The number of rotatable bonds is 3. The second-order valence-electron chi connectivity index (χ2n) is 8.36. The van der Waals surface area contributed by atoms with Gasteiger partial charge < -0.3 is 0 Å². The minimum Gasteiger partial charge on any atom is -0.256 e. The van der Waals surface area contributed by atoms with Crippen molar-refractivity contribution in [3.8, 4) is 22.4 Å². The van der Waals surface area contributed by atoms with E-state index in [9.17, 15) is 0 Å². The van der Waals surface area contributed by atoms with Gasteiger partial charge in [-0.15, -0.1) is 0 Å². The lowest BCUT2D eigenvalue weighted by molar-refractivity contribution is 0.224. The first-order valence-electron chi connectivity index (χ1n) is 9.73. The standard InChI is InChI=1S/C25H27N/c1-25(2)16-14-21(15-17-25)19-8-10-20(11-9-19)23-12-13-24(26-18-23)22-6-4-3-5-7-22/h3-13,18,21H,14-17H2,1-2H3. The molecular formula is C25H27N. The summed E-state index contributed by atoms with van der Waals surface area (Å²) >= 11 is 0. The topological polar surface area (TPSA) is 12.9 Å². The molecule has 0 bridgehead atoms. The van der Waals surface area contributed by atoms with Crippen molar-refractivity contribution < 1.29 is 0 Å². The van der Waals surface area contributed by atoms with E-state index < -0.39 is 0 Å². The quantitative estimate of drug-likeness (QED) is 0.495. The Bertz CT molecular complexity index is 835. The second-order valence-corrected chi connectivity index (χ2v) is 8.36. The number of pyridine rings is 1. The van der Waals surface area contributed by atoms with E-state index in [1.807, 2.05) is 12.3 Å². The van der Waals surface area contributed by atoms with Crippen LogP contribution in [0.4, 0.5) is 0 Å².